The Bertz CT molecular complexity index is 1060. The highest BCUT2D eigenvalue weighted by molar-refractivity contribution is 7.91. The summed E-state index contributed by atoms with van der Waals surface area (Å²) in [6.07, 6.45) is -2.79. The van der Waals surface area contributed by atoms with Crippen molar-refractivity contribution in [1.82, 2.24) is 9.55 Å². The zero-order valence-corrected chi connectivity index (χ0v) is 16.3. The van der Waals surface area contributed by atoms with Gasteiger partial charge in [0.1, 0.15) is 21.2 Å². The average molecular weight is 456 g/mol. The van der Waals surface area contributed by atoms with Crippen LogP contribution >= 0.6 is 11.6 Å². The standard InChI is InChI=1S/C16H14ClF4N3O4S/c1-24-5-10(29(26,27)8-15(6-28-7-15)16(19,20)21)12(18)13(24)14(25)23-9-2-3-22-11(17)4-9/h2-5H,6-8H2,1H3,(H,22,23,25). The molecule has 2 aromatic heterocycles. The Morgan fingerprint density at radius 3 is 2.59 bits per heavy atom. The van der Waals surface area contributed by atoms with E-state index in [-0.39, 0.29) is 10.8 Å². The molecule has 0 aliphatic carbocycles. The van der Waals surface area contributed by atoms with Gasteiger partial charge in [-0.3, -0.25) is 4.79 Å². The maximum atomic E-state index is 14.8. The van der Waals surface area contributed by atoms with Gasteiger partial charge in [0.2, 0.25) is 0 Å². The van der Waals surface area contributed by atoms with Gasteiger partial charge in [0.05, 0.1) is 19.0 Å². The van der Waals surface area contributed by atoms with E-state index < -0.39 is 62.7 Å². The molecule has 0 aromatic carbocycles. The van der Waals surface area contributed by atoms with Crippen molar-refractivity contribution in [3.63, 3.8) is 0 Å². The van der Waals surface area contributed by atoms with E-state index in [9.17, 15) is 30.8 Å². The molecule has 158 valence electrons. The van der Waals surface area contributed by atoms with Crippen LogP contribution in [-0.2, 0) is 21.6 Å². The summed E-state index contributed by atoms with van der Waals surface area (Å²) in [4.78, 5) is 15.1. The number of amides is 1. The van der Waals surface area contributed by atoms with Gasteiger partial charge in [-0.2, -0.15) is 13.2 Å². The summed E-state index contributed by atoms with van der Waals surface area (Å²) in [6.45, 7) is -1.67. The lowest BCUT2D eigenvalue weighted by atomic mass is 9.88. The molecule has 1 aliphatic heterocycles. The van der Waals surface area contributed by atoms with Crippen LogP contribution in [0.2, 0.25) is 5.15 Å². The number of carbonyl (C=O) groups is 1. The second-order valence-corrected chi connectivity index (χ2v) is 8.96. The summed E-state index contributed by atoms with van der Waals surface area (Å²) in [5.41, 5.74) is -3.10. The molecule has 0 bridgehead atoms. The lowest BCUT2D eigenvalue weighted by Crippen LogP contribution is -2.57. The Morgan fingerprint density at radius 2 is 2.07 bits per heavy atom. The maximum Gasteiger partial charge on any atom is 0.399 e. The van der Waals surface area contributed by atoms with Crippen molar-refractivity contribution in [2.45, 2.75) is 11.1 Å². The van der Waals surface area contributed by atoms with Crippen LogP contribution in [0, 0.1) is 11.2 Å². The van der Waals surface area contributed by atoms with Gasteiger partial charge in [-0.1, -0.05) is 11.6 Å². The van der Waals surface area contributed by atoms with Crippen LogP contribution < -0.4 is 5.32 Å². The summed E-state index contributed by atoms with van der Waals surface area (Å²) in [6, 6.07) is 2.65. The van der Waals surface area contributed by atoms with Crippen LogP contribution in [0.4, 0.5) is 23.2 Å². The molecule has 0 atom stereocenters. The van der Waals surface area contributed by atoms with Gasteiger partial charge in [0.15, 0.2) is 15.7 Å². The van der Waals surface area contributed by atoms with E-state index in [4.69, 9.17) is 11.6 Å². The molecule has 1 N–H and O–H groups in total. The second-order valence-electron chi connectivity index (χ2n) is 6.62. The number of anilines is 1. The smallest absolute Gasteiger partial charge is 0.379 e. The van der Waals surface area contributed by atoms with Gasteiger partial charge in [0.25, 0.3) is 5.91 Å². The molecule has 0 spiro atoms. The summed E-state index contributed by atoms with van der Waals surface area (Å²) < 4.78 is 85.1. The van der Waals surface area contributed by atoms with Crippen molar-refractivity contribution in [3.8, 4) is 0 Å². The maximum absolute atomic E-state index is 14.8. The van der Waals surface area contributed by atoms with Crippen LogP contribution in [0.1, 0.15) is 10.5 Å². The number of ether oxygens (including phenoxy) is 1. The normalized spacial score (nSPS) is 16.3. The quantitative estimate of drug-likeness (QED) is 0.553. The molecule has 1 aliphatic rings. The van der Waals surface area contributed by atoms with Crippen LogP contribution in [0.25, 0.3) is 0 Å². The Hall–Kier alpha value is -2.18. The first-order chi connectivity index (χ1) is 13.4. The van der Waals surface area contributed by atoms with E-state index in [1.165, 1.54) is 25.4 Å². The SMILES string of the molecule is Cn1cc(S(=O)(=O)CC2(C(F)(F)F)COC2)c(F)c1C(=O)Nc1ccnc(Cl)c1. The molecular formula is C16H14ClF4N3O4S. The summed E-state index contributed by atoms with van der Waals surface area (Å²) >= 11 is 5.70. The zero-order chi connectivity index (χ0) is 21.6. The molecule has 0 unspecified atom stereocenters. The molecule has 3 heterocycles. The number of hydrogen-bond donors (Lipinski definition) is 1. The molecule has 13 heteroatoms. The van der Waals surface area contributed by atoms with Crippen LogP contribution in [0.15, 0.2) is 29.4 Å². The number of hydrogen-bond acceptors (Lipinski definition) is 5. The molecule has 29 heavy (non-hydrogen) atoms. The van der Waals surface area contributed by atoms with Gasteiger partial charge in [-0.05, 0) is 12.1 Å². The molecule has 7 nitrogen and oxygen atoms in total. The van der Waals surface area contributed by atoms with Gasteiger partial charge in [0, 0.05) is 25.1 Å². The Balaban J connectivity index is 1.91. The van der Waals surface area contributed by atoms with Crippen LogP contribution in [0.3, 0.4) is 0 Å². The van der Waals surface area contributed by atoms with E-state index >= 15 is 0 Å². The van der Waals surface area contributed by atoms with E-state index in [2.05, 4.69) is 15.0 Å². The number of aromatic nitrogens is 2. The highest BCUT2D eigenvalue weighted by Crippen LogP contribution is 2.46. The number of carbonyl (C=O) groups excluding carboxylic acids is 1. The van der Waals surface area contributed by atoms with E-state index in [0.29, 0.717) is 0 Å². The Labute approximate surface area is 167 Å². The highest BCUT2D eigenvalue weighted by atomic mass is 35.5. The number of aryl methyl sites for hydroxylation is 1. The Kier molecular flexibility index (Phi) is 5.39. The number of alkyl halides is 3. The first-order valence-corrected chi connectivity index (χ1v) is 10.0. The van der Waals surface area contributed by atoms with Gasteiger partial charge < -0.3 is 14.6 Å². The van der Waals surface area contributed by atoms with Crippen molar-refractivity contribution in [3.05, 3.63) is 41.2 Å². The van der Waals surface area contributed by atoms with E-state index in [1.807, 2.05) is 0 Å². The molecule has 0 saturated carbocycles. The summed E-state index contributed by atoms with van der Waals surface area (Å²) in [5, 5.41) is 2.38. The number of rotatable bonds is 5. The van der Waals surface area contributed by atoms with Crippen molar-refractivity contribution in [2.24, 2.45) is 12.5 Å². The van der Waals surface area contributed by atoms with E-state index in [1.54, 1.807) is 0 Å². The van der Waals surface area contributed by atoms with Crippen molar-refractivity contribution in [1.29, 1.82) is 0 Å². The molecule has 1 saturated heterocycles. The first-order valence-electron chi connectivity index (χ1n) is 8.01. The number of nitrogens with one attached hydrogen (secondary N) is 1. The molecule has 0 radical (unpaired) electrons. The van der Waals surface area contributed by atoms with Crippen LogP contribution in [0.5, 0.6) is 0 Å². The summed E-state index contributed by atoms with van der Waals surface area (Å²) in [7, 11) is -3.52. The number of pyridine rings is 1. The highest BCUT2D eigenvalue weighted by Gasteiger charge is 2.62. The van der Waals surface area contributed by atoms with Gasteiger partial charge in [-0.25, -0.2) is 17.8 Å². The zero-order valence-electron chi connectivity index (χ0n) is 14.8. The van der Waals surface area contributed by atoms with Gasteiger partial charge in [-0.15, -0.1) is 0 Å². The Morgan fingerprint density at radius 1 is 1.41 bits per heavy atom. The number of halogens is 5. The minimum atomic E-state index is -4.84. The fraction of sp³-hybridized carbons (Fsp3) is 0.375. The van der Waals surface area contributed by atoms with Crippen molar-refractivity contribution >= 4 is 33.0 Å². The third-order valence-electron chi connectivity index (χ3n) is 4.45. The lowest BCUT2D eigenvalue weighted by Gasteiger charge is -2.42. The predicted octanol–water partition coefficient (Wildman–Crippen LogP) is 2.82. The third kappa shape index (κ3) is 3.96. The lowest BCUT2D eigenvalue weighted by molar-refractivity contribution is -0.293. The van der Waals surface area contributed by atoms with Crippen LogP contribution in [-0.4, -0.2) is 49.0 Å². The van der Waals surface area contributed by atoms with Crippen molar-refractivity contribution < 1.29 is 35.5 Å². The number of sulfone groups is 1. The number of nitrogens with zero attached hydrogens (tertiary/aromatic N) is 2. The van der Waals surface area contributed by atoms with Gasteiger partial charge >= 0.3 is 6.18 Å². The largest absolute Gasteiger partial charge is 0.399 e. The fourth-order valence-electron chi connectivity index (χ4n) is 2.83. The van der Waals surface area contributed by atoms with Crippen molar-refractivity contribution in [2.75, 3.05) is 24.3 Å². The predicted molar refractivity (Wildman–Crippen MR) is 93.9 cm³/mol. The fourth-order valence-corrected chi connectivity index (χ4v) is 4.91. The monoisotopic (exact) mass is 455 g/mol. The first kappa shape index (κ1) is 21.5. The molecule has 1 fully saturated rings. The molecular weight excluding hydrogens is 442 g/mol. The van der Waals surface area contributed by atoms with E-state index in [0.717, 1.165) is 10.8 Å². The minimum Gasteiger partial charge on any atom is -0.379 e. The summed E-state index contributed by atoms with van der Waals surface area (Å²) in [5.74, 6) is -3.83. The second kappa shape index (κ2) is 7.26. The topological polar surface area (TPSA) is 90.3 Å². The molecule has 2 aromatic rings. The average Bonchev–Trinajstić information content (AvgIpc) is 2.85. The molecule has 3 rings (SSSR count). The minimum absolute atomic E-state index is 0.0542. The third-order valence-corrected chi connectivity index (χ3v) is 6.54. The molecule has 1 amide bonds.